The first-order chi connectivity index (χ1) is 9.78. The topological polar surface area (TPSA) is 100 Å². The molecule has 0 N–H and O–H groups in total. The molecule has 0 aromatic carbocycles. The van der Waals surface area contributed by atoms with E-state index in [1.165, 1.54) is 15.3 Å². The van der Waals surface area contributed by atoms with Crippen LogP contribution in [0.3, 0.4) is 0 Å². The molecule has 0 aliphatic carbocycles. The number of rotatable bonds is 3. The van der Waals surface area contributed by atoms with Gasteiger partial charge < -0.3 is 0 Å². The summed E-state index contributed by atoms with van der Waals surface area (Å²) >= 11 is 0. The molecule has 0 unspecified atom stereocenters. The average Bonchev–Trinajstić information content (AvgIpc) is 2.77. The lowest BCUT2D eigenvalue weighted by Gasteiger charge is -2.13. The quantitative estimate of drug-likeness (QED) is 0.453. The molecule has 0 fully saturated rings. The maximum atomic E-state index is 12.3. The highest BCUT2D eigenvalue weighted by Gasteiger charge is 2.28. The Morgan fingerprint density at radius 2 is 2.19 bits per heavy atom. The fourth-order valence-corrected chi connectivity index (χ4v) is 2.94. The van der Waals surface area contributed by atoms with Crippen LogP contribution in [0.4, 0.5) is 0 Å². The molecule has 0 bridgehead atoms. The molecule has 0 amide bonds. The second-order valence-corrected chi connectivity index (χ2v) is 6.70. The van der Waals surface area contributed by atoms with Gasteiger partial charge in [0, 0.05) is 0 Å². The van der Waals surface area contributed by atoms with E-state index >= 15 is 0 Å². The van der Waals surface area contributed by atoms with Crippen molar-refractivity contribution >= 4 is 34.6 Å². The highest BCUT2D eigenvalue weighted by Crippen LogP contribution is 2.21. The van der Waals surface area contributed by atoms with Crippen molar-refractivity contribution in [2.75, 3.05) is 12.9 Å². The zero-order chi connectivity index (χ0) is 15.4. The van der Waals surface area contributed by atoms with Crippen LogP contribution in [0.2, 0.25) is 0 Å². The maximum Gasteiger partial charge on any atom is 0.270 e. The van der Waals surface area contributed by atoms with E-state index in [-0.39, 0.29) is 24.3 Å². The van der Waals surface area contributed by atoms with E-state index in [2.05, 4.69) is 4.98 Å². The third-order valence-electron chi connectivity index (χ3n) is 3.44. The molecular formula is C11H12BN3O5S. The molecule has 2 aromatic heterocycles. The van der Waals surface area contributed by atoms with Gasteiger partial charge in [0.05, 0.1) is 31.6 Å². The molecule has 2 aromatic rings. The Morgan fingerprint density at radius 1 is 1.48 bits per heavy atom. The highest BCUT2D eigenvalue weighted by atomic mass is 32.2. The number of nitrogens with zero attached hydrogens (tertiary/aromatic N) is 3. The van der Waals surface area contributed by atoms with Crippen LogP contribution in [0.5, 0.6) is 0 Å². The van der Waals surface area contributed by atoms with Gasteiger partial charge in [-0.15, -0.1) is 0 Å². The van der Waals surface area contributed by atoms with Crippen LogP contribution in [0.15, 0.2) is 21.9 Å². The second kappa shape index (κ2) is 4.53. The average molecular weight is 309 g/mol. The summed E-state index contributed by atoms with van der Waals surface area (Å²) in [7, 11) is -1.97. The first-order valence-corrected chi connectivity index (χ1v) is 8.05. The lowest BCUT2D eigenvalue weighted by molar-refractivity contribution is 0.254. The van der Waals surface area contributed by atoms with Gasteiger partial charge in [-0.3, -0.25) is 22.9 Å². The predicted octanol–water partition coefficient (Wildman–Crippen LogP) is -2.65. The van der Waals surface area contributed by atoms with E-state index < -0.39 is 16.2 Å². The summed E-state index contributed by atoms with van der Waals surface area (Å²) in [6, 6.07) is 1.07. The second-order valence-electron chi connectivity index (χ2n) is 5.06. The molecule has 8 nitrogen and oxygen atoms in total. The van der Waals surface area contributed by atoms with E-state index in [4.69, 9.17) is 4.18 Å². The third-order valence-corrected chi connectivity index (χ3v) is 4.00. The molecule has 1 aliphatic rings. The Balaban J connectivity index is 2.20. The third kappa shape index (κ3) is 2.30. The van der Waals surface area contributed by atoms with Gasteiger partial charge in [-0.05, 0) is 11.5 Å². The molecule has 0 saturated carbocycles. The Kier molecular flexibility index (Phi) is 3.03. The molecule has 110 valence electrons. The van der Waals surface area contributed by atoms with Gasteiger partial charge in [0.2, 0.25) is 5.56 Å². The fourth-order valence-electron chi connectivity index (χ4n) is 2.54. The largest absolute Gasteiger partial charge is 0.289 e. The van der Waals surface area contributed by atoms with E-state index in [0.29, 0.717) is 16.6 Å². The van der Waals surface area contributed by atoms with Crippen molar-refractivity contribution in [1.82, 2.24) is 14.1 Å². The summed E-state index contributed by atoms with van der Waals surface area (Å²) < 4.78 is 29.9. The first-order valence-electron chi connectivity index (χ1n) is 6.24. The van der Waals surface area contributed by atoms with Crippen molar-refractivity contribution in [3.8, 4) is 0 Å². The van der Waals surface area contributed by atoms with Crippen LogP contribution in [0.25, 0.3) is 11.2 Å². The normalized spacial score (nSPS) is 17.5. The zero-order valence-corrected chi connectivity index (χ0v) is 12.3. The van der Waals surface area contributed by atoms with Crippen molar-refractivity contribution in [2.24, 2.45) is 0 Å². The molecule has 0 radical (unpaired) electrons. The minimum absolute atomic E-state index is 0.187. The van der Waals surface area contributed by atoms with Crippen molar-refractivity contribution in [3.05, 3.63) is 33.0 Å². The van der Waals surface area contributed by atoms with E-state index in [9.17, 15) is 18.0 Å². The van der Waals surface area contributed by atoms with Crippen LogP contribution in [-0.2, 0) is 20.8 Å². The van der Waals surface area contributed by atoms with Gasteiger partial charge in [0.25, 0.3) is 15.7 Å². The number of aromatic nitrogens is 3. The van der Waals surface area contributed by atoms with Crippen molar-refractivity contribution in [3.63, 3.8) is 0 Å². The van der Waals surface area contributed by atoms with Crippen LogP contribution in [0, 0.1) is 0 Å². The summed E-state index contributed by atoms with van der Waals surface area (Å²) in [5.74, 6) is 0. The summed E-state index contributed by atoms with van der Waals surface area (Å²) in [6.07, 6.45) is 2.13. The van der Waals surface area contributed by atoms with Crippen LogP contribution >= 0.6 is 0 Å². The Hall–Kier alpha value is -1.94. The molecule has 21 heavy (non-hydrogen) atoms. The monoisotopic (exact) mass is 309 g/mol. The summed E-state index contributed by atoms with van der Waals surface area (Å²) in [4.78, 5) is 28.2. The van der Waals surface area contributed by atoms with Crippen LogP contribution < -0.4 is 16.6 Å². The highest BCUT2D eigenvalue weighted by molar-refractivity contribution is 7.85. The van der Waals surface area contributed by atoms with Gasteiger partial charge in [0.15, 0.2) is 0 Å². The van der Waals surface area contributed by atoms with Crippen molar-refractivity contribution in [2.45, 2.75) is 12.6 Å². The Bertz CT molecular complexity index is 962. The molecule has 3 heterocycles. The van der Waals surface area contributed by atoms with Crippen LogP contribution in [0.1, 0.15) is 6.04 Å². The molecule has 1 atom stereocenters. The molecule has 1 aliphatic heterocycles. The van der Waals surface area contributed by atoms with E-state index in [1.807, 2.05) is 0 Å². The van der Waals surface area contributed by atoms with E-state index in [1.54, 1.807) is 13.9 Å². The van der Waals surface area contributed by atoms with Gasteiger partial charge in [-0.1, -0.05) is 0 Å². The number of hydrogen-bond donors (Lipinski definition) is 0. The van der Waals surface area contributed by atoms with Gasteiger partial charge in [-0.25, -0.2) is 4.98 Å². The fraction of sp³-hybridized carbons (Fsp3) is 0.364. The number of pyridine rings is 1. The zero-order valence-electron chi connectivity index (χ0n) is 11.4. The number of hydrogen-bond acceptors (Lipinski definition) is 6. The Morgan fingerprint density at radius 3 is 2.86 bits per heavy atom. The van der Waals surface area contributed by atoms with Gasteiger partial charge in [0.1, 0.15) is 19.0 Å². The lowest BCUT2D eigenvalue weighted by Crippen LogP contribution is -2.36. The molecule has 3 rings (SSSR count). The maximum absolute atomic E-state index is 12.3. The van der Waals surface area contributed by atoms with E-state index in [0.717, 1.165) is 6.26 Å². The molecular weight excluding hydrogens is 297 g/mol. The molecule has 10 heteroatoms. The van der Waals surface area contributed by atoms with Crippen molar-refractivity contribution < 1.29 is 12.6 Å². The smallest absolute Gasteiger partial charge is 0.270 e. The standard InChI is InChI=1S/C11H12BN3O5S/c1-21(18,19)20-5-6-4-14-9(16)3-13-8-2-7(12)11(17)15(6)10(8)14/h2-3,6H,4-5,12H2,1H3/t6-/m0/s1. The van der Waals surface area contributed by atoms with Gasteiger partial charge >= 0.3 is 0 Å². The van der Waals surface area contributed by atoms with Gasteiger partial charge in [-0.2, -0.15) is 8.42 Å². The molecule has 0 spiro atoms. The SMILES string of the molecule is Bc1cc2ncc(=O)n3c2n(c1=O)[C@H](COS(C)(=O)=O)C3. The summed E-state index contributed by atoms with van der Waals surface area (Å²) in [6.45, 7) is -0.00944. The minimum atomic E-state index is -3.62. The summed E-state index contributed by atoms with van der Waals surface area (Å²) in [5.41, 5.74) is 0.796. The Labute approximate surface area is 120 Å². The predicted molar refractivity (Wildman–Crippen MR) is 78.3 cm³/mol. The minimum Gasteiger partial charge on any atom is -0.289 e. The van der Waals surface area contributed by atoms with Crippen LogP contribution in [-0.4, -0.2) is 43.2 Å². The molecule has 0 saturated heterocycles. The lowest BCUT2D eigenvalue weighted by atomic mass is 9.98. The van der Waals surface area contributed by atoms with Crippen molar-refractivity contribution in [1.29, 1.82) is 0 Å². The first kappa shape index (κ1) is 14.0. The summed E-state index contributed by atoms with van der Waals surface area (Å²) in [5, 5.41) is 0.